The molecular formula is C9H13FN2. The van der Waals surface area contributed by atoms with E-state index in [4.69, 9.17) is 5.73 Å². The van der Waals surface area contributed by atoms with Gasteiger partial charge in [-0.25, -0.2) is 4.98 Å². The molecule has 0 aliphatic carbocycles. The second kappa shape index (κ2) is 3.63. The molecule has 2 N–H and O–H groups in total. The third kappa shape index (κ3) is 2.01. The van der Waals surface area contributed by atoms with Crippen LogP contribution in [0, 0.1) is 11.9 Å². The number of hydrogen-bond acceptors (Lipinski definition) is 2. The minimum absolute atomic E-state index is 0.0573. The molecule has 1 aromatic rings. The van der Waals surface area contributed by atoms with E-state index < -0.39 is 5.95 Å². The Labute approximate surface area is 71.6 Å². The summed E-state index contributed by atoms with van der Waals surface area (Å²) < 4.78 is 12.4. The standard InChI is InChI=1S/C9H13FN2/c1-6(2)9(11)7-3-4-8(10)12-5-7/h3-6,9H,11H2,1-2H3. The molecule has 66 valence electrons. The van der Waals surface area contributed by atoms with E-state index in [9.17, 15) is 4.39 Å². The number of halogens is 1. The van der Waals surface area contributed by atoms with Crippen molar-refractivity contribution in [2.45, 2.75) is 19.9 Å². The highest BCUT2D eigenvalue weighted by Gasteiger charge is 2.09. The first-order chi connectivity index (χ1) is 5.61. The van der Waals surface area contributed by atoms with Gasteiger partial charge >= 0.3 is 0 Å². The highest BCUT2D eigenvalue weighted by atomic mass is 19.1. The lowest BCUT2D eigenvalue weighted by Gasteiger charge is -2.14. The van der Waals surface area contributed by atoms with Crippen LogP contribution in [0.2, 0.25) is 0 Å². The van der Waals surface area contributed by atoms with Crippen molar-refractivity contribution in [1.82, 2.24) is 4.98 Å². The molecule has 3 heteroatoms. The fourth-order valence-corrected chi connectivity index (χ4v) is 0.969. The van der Waals surface area contributed by atoms with E-state index in [2.05, 4.69) is 4.98 Å². The highest BCUT2D eigenvalue weighted by molar-refractivity contribution is 5.14. The maximum Gasteiger partial charge on any atom is 0.212 e. The van der Waals surface area contributed by atoms with Gasteiger partial charge in [0.15, 0.2) is 0 Å². The van der Waals surface area contributed by atoms with Gasteiger partial charge < -0.3 is 5.73 Å². The second-order valence-electron chi connectivity index (χ2n) is 3.18. The third-order valence-electron chi connectivity index (χ3n) is 1.85. The van der Waals surface area contributed by atoms with E-state index in [0.29, 0.717) is 5.92 Å². The fraction of sp³-hybridized carbons (Fsp3) is 0.444. The Bertz CT molecular complexity index is 243. The predicted molar refractivity (Wildman–Crippen MR) is 46.0 cm³/mol. The van der Waals surface area contributed by atoms with E-state index in [1.54, 1.807) is 6.07 Å². The van der Waals surface area contributed by atoms with Crippen LogP contribution in [0.15, 0.2) is 18.3 Å². The van der Waals surface area contributed by atoms with Crippen molar-refractivity contribution in [1.29, 1.82) is 0 Å². The van der Waals surface area contributed by atoms with Crippen molar-refractivity contribution in [2.75, 3.05) is 0 Å². The third-order valence-corrected chi connectivity index (χ3v) is 1.85. The number of aromatic nitrogens is 1. The summed E-state index contributed by atoms with van der Waals surface area (Å²) in [5.74, 6) is -0.119. The molecule has 1 atom stereocenters. The quantitative estimate of drug-likeness (QED) is 0.685. The van der Waals surface area contributed by atoms with Crippen LogP contribution < -0.4 is 5.73 Å². The van der Waals surface area contributed by atoms with Crippen molar-refractivity contribution in [3.63, 3.8) is 0 Å². The zero-order valence-electron chi connectivity index (χ0n) is 7.29. The van der Waals surface area contributed by atoms with Gasteiger partial charge in [0, 0.05) is 12.2 Å². The molecule has 0 bridgehead atoms. The minimum atomic E-state index is -0.463. The molecule has 0 radical (unpaired) electrons. The molecule has 1 heterocycles. The molecule has 0 saturated carbocycles. The van der Waals surface area contributed by atoms with E-state index in [0.717, 1.165) is 5.56 Å². The number of pyridine rings is 1. The molecule has 0 fully saturated rings. The normalized spacial score (nSPS) is 13.4. The Hall–Kier alpha value is -0.960. The SMILES string of the molecule is CC(C)C(N)c1ccc(F)nc1. The van der Waals surface area contributed by atoms with Crippen LogP contribution in [-0.4, -0.2) is 4.98 Å². The smallest absolute Gasteiger partial charge is 0.212 e. The Morgan fingerprint density at radius 1 is 1.42 bits per heavy atom. The number of nitrogens with two attached hydrogens (primary N) is 1. The average Bonchev–Trinajstić information content (AvgIpc) is 2.04. The molecule has 1 aromatic heterocycles. The lowest BCUT2D eigenvalue weighted by molar-refractivity contribution is 0.508. The zero-order chi connectivity index (χ0) is 9.14. The molecule has 0 aliphatic heterocycles. The maximum atomic E-state index is 12.4. The molecule has 2 nitrogen and oxygen atoms in total. The van der Waals surface area contributed by atoms with Crippen molar-refractivity contribution >= 4 is 0 Å². The van der Waals surface area contributed by atoms with Gasteiger partial charge in [0.25, 0.3) is 0 Å². The van der Waals surface area contributed by atoms with Crippen LogP contribution in [0.5, 0.6) is 0 Å². The van der Waals surface area contributed by atoms with Gasteiger partial charge in [-0.3, -0.25) is 0 Å². The van der Waals surface area contributed by atoms with Crippen LogP contribution in [-0.2, 0) is 0 Å². The van der Waals surface area contributed by atoms with Crippen LogP contribution >= 0.6 is 0 Å². The number of hydrogen-bond donors (Lipinski definition) is 1. The first kappa shape index (κ1) is 9.13. The lowest BCUT2D eigenvalue weighted by atomic mass is 9.99. The topological polar surface area (TPSA) is 38.9 Å². The van der Waals surface area contributed by atoms with Gasteiger partial charge in [-0.15, -0.1) is 0 Å². The summed E-state index contributed by atoms with van der Waals surface area (Å²) in [5, 5.41) is 0. The van der Waals surface area contributed by atoms with Crippen molar-refractivity contribution in [2.24, 2.45) is 11.7 Å². The van der Waals surface area contributed by atoms with Crippen molar-refractivity contribution < 1.29 is 4.39 Å². The maximum absolute atomic E-state index is 12.4. The monoisotopic (exact) mass is 168 g/mol. The summed E-state index contributed by atoms with van der Waals surface area (Å²) in [6, 6.07) is 2.95. The molecule has 12 heavy (non-hydrogen) atoms. The zero-order valence-corrected chi connectivity index (χ0v) is 7.29. The van der Waals surface area contributed by atoms with Crippen molar-refractivity contribution in [3.8, 4) is 0 Å². The van der Waals surface area contributed by atoms with Crippen LogP contribution in [0.1, 0.15) is 25.5 Å². The Morgan fingerprint density at radius 3 is 2.50 bits per heavy atom. The Balaban J connectivity index is 2.82. The molecule has 0 amide bonds. The van der Waals surface area contributed by atoms with E-state index in [1.807, 2.05) is 13.8 Å². The molecule has 0 saturated heterocycles. The molecule has 0 aromatic carbocycles. The van der Waals surface area contributed by atoms with E-state index >= 15 is 0 Å². The van der Waals surface area contributed by atoms with Crippen LogP contribution in [0.3, 0.4) is 0 Å². The summed E-state index contributed by atoms with van der Waals surface area (Å²) >= 11 is 0. The summed E-state index contributed by atoms with van der Waals surface area (Å²) in [7, 11) is 0. The van der Waals surface area contributed by atoms with E-state index in [-0.39, 0.29) is 6.04 Å². The average molecular weight is 168 g/mol. The van der Waals surface area contributed by atoms with Crippen LogP contribution in [0.4, 0.5) is 4.39 Å². The van der Waals surface area contributed by atoms with Gasteiger partial charge in [0.05, 0.1) is 0 Å². The molecule has 1 rings (SSSR count). The van der Waals surface area contributed by atoms with Gasteiger partial charge in [-0.05, 0) is 17.5 Å². The summed E-state index contributed by atoms with van der Waals surface area (Å²) in [6.45, 7) is 4.04. The first-order valence-electron chi connectivity index (χ1n) is 3.98. The highest BCUT2D eigenvalue weighted by Crippen LogP contribution is 2.17. The van der Waals surface area contributed by atoms with E-state index in [1.165, 1.54) is 12.3 Å². The Kier molecular flexibility index (Phi) is 2.76. The largest absolute Gasteiger partial charge is 0.324 e. The summed E-state index contributed by atoms with van der Waals surface area (Å²) in [6.07, 6.45) is 1.49. The Morgan fingerprint density at radius 2 is 2.08 bits per heavy atom. The summed E-state index contributed by atoms with van der Waals surface area (Å²) in [4.78, 5) is 3.54. The number of nitrogens with zero attached hydrogens (tertiary/aromatic N) is 1. The molecule has 0 aliphatic rings. The molecule has 0 spiro atoms. The van der Waals surface area contributed by atoms with Gasteiger partial charge in [0.2, 0.25) is 5.95 Å². The van der Waals surface area contributed by atoms with Crippen molar-refractivity contribution in [3.05, 3.63) is 29.8 Å². The number of rotatable bonds is 2. The first-order valence-corrected chi connectivity index (χ1v) is 3.98. The molecule has 1 unspecified atom stereocenters. The van der Waals surface area contributed by atoms with Gasteiger partial charge in [0.1, 0.15) is 0 Å². The van der Waals surface area contributed by atoms with Gasteiger partial charge in [-0.1, -0.05) is 19.9 Å². The fourth-order valence-electron chi connectivity index (χ4n) is 0.969. The van der Waals surface area contributed by atoms with Crippen LogP contribution in [0.25, 0.3) is 0 Å². The van der Waals surface area contributed by atoms with Gasteiger partial charge in [-0.2, -0.15) is 4.39 Å². The lowest BCUT2D eigenvalue weighted by Crippen LogP contribution is -2.16. The predicted octanol–water partition coefficient (Wildman–Crippen LogP) is 1.88. The molecular weight excluding hydrogens is 155 g/mol. The minimum Gasteiger partial charge on any atom is -0.324 e. The second-order valence-corrected chi connectivity index (χ2v) is 3.18. The summed E-state index contributed by atoms with van der Waals surface area (Å²) in [5.41, 5.74) is 6.71.